The molecule has 2 rings (SSSR count). The highest BCUT2D eigenvalue weighted by molar-refractivity contribution is 6.04. The molecule has 1 N–H and O–H groups in total. The van der Waals surface area contributed by atoms with Crippen LogP contribution in [0, 0.1) is 0 Å². The highest BCUT2D eigenvalue weighted by atomic mass is 16.1. The number of rotatable bonds is 4. The van der Waals surface area contributed by atoms with Gasteiger partial charge in [-0.15, -0.1) is 6.58 Å². The normalized spacial score (nSPS) is 9.78. The third-order valence-electron chi connectivity index (χ3n) is 2.67. The Morgan fingerprint density at radius 1 is 1.06 bits per heavy atom. The molecule has 0 aliphatic carbocycles. The molecule has 0 unspecified atom stereocenters. The molecule has 0 bridgehead atoms. The van der Waals surface area contributed by atoms with Gasteiger partial charge < -0.3 is 5.32 Å². The summed E-state index contributed by atoms with van der Waals surface area (Å²) in [6, 6.07) is 16.9. The Hall–Kier alpha value is -2.35. The van der Waals surface area contributed by atoms with Crippen molar-refractivity contribution < 1.29 is 4.79 Å². The minimum atomic E-state index is -0.0906. The van der Waals surface area contributed by atoms with E-state index in [2.05, 4.69) is 11.9 Å². The third kappa shape index (κ3) is 2.86. The van der Waals surface area contributed by atoms with Gasteiger partial charge in [-0.2, -0.15) is 0 Å². The Balaban J connectivity index is 2.19. The molecule has 0 fully saturated rings. The van der Waals surface area contributed by atoms with E-state index in [4.69, 9.17) is 0 Å². The van der Waals surface area contributed by atoms with Gasteiger partial charge in [-0.25, -0.2) is 0 Å². The van der Waals surface area contributed by atoms with Crippen molar-refractivity contribution in [2.24, 2.45) is 0 Å². The number of para-hydroxylation sites is 1. The van der Waals surface area contributed by atoms with Crippen LogP contribution in [0.2, 0.25) is 0 Å². The van der Waals surface area contributed by atoms with Crippen molar-refractivity contribution in [2.45, 2.75) is 6.42 Å². The first-order valence-electron chi connectivity index (χ1n) is 5.86. The number of allylic oxidation sites excluding steroid dienone is 1. The lowest BCUT2D eigenvalue weighted by Crippen LogP contribution is -2.12. The van der Waals surface area contributed by atoms with Crippen LogP contribution in [0.25, 0.3) is 0 Å². The van der Waals surface area contributed by atoms with Crippen molar-refractivity contribution in [3.63, 3.8) is 0 Å². The Morgan fingerprint density at radius 2 is 1.72 bits per heavy atom. The van der Waals surface area contributed by atoms with Crippen molar-refractivity contribution >= 4 is 11.6 Å². The molecule has 0 spiro atoms. The van der Waals surface area contributed by atoms with Crippen molar-refractivity contribution in [1.82, 2.24) is 0 Å². The van der Waals surface area contributed by atoms with E-state index in [0.717, 1.165) is 17.7 Å². The lowest BCUT2D eigenvalue weighted by molar-refractivity contribution is 0.102. The molecule has 0 saturated carbocycles. The van der Waals surface area contributed by atoms with Gasteiger partial charge in [-0.1, -0.05) is 42.5 Å². The summed E-state index contributed by atoms with van der Waals surface area (Å²) in [6.45, 7) is 3.72. The highest BCUT2D eigenvalue weighted by Gasteiger charge is 2.07. The van der Waals surface area contributed by atoms with Crippen molar-refractivity contribution in [3.05, 3.63) is 78.4 Å². The van der Waals surface area contributed by atoms with E-state index in [-0.39, 0.29) is 5.91 Å². The van der Waals surface area contributed by atoms with E-state index >= 15 is 0 Å². The fourth-order valence-electron chi connectivity index (χ4n) is 1.76. The fourth-order valence-corrected chi connectivity index (χ4v) is 1.76. The fraction of sp³-hybridized carbons (Fsp3) is 0.0625. The first kappa shape index (κ1) is 12.1. The molecule has 0 aliphatic heterocycles. The van der Waals surface area contributed by atoms with Gasteiger partial charge in [-0.05, 0) is 30.2 Å². The Labute approximate surface area is 107 Å². The summed E-state index contributed by atoms with van der Waals surface area (Å²) in [6.07, 6.45) is 2.57. The summed E-state index contributed by atoms with van der Waals surface area (Å²) >= 11 is 0. The predicted molar refractivity (Wildman–Crippen MR) is 74.7 cm³/mol. The molecule has 0 radical (unpaired) electrons. The number of amides is 1. The van der Waals surface area contributed by atoms with Crippen LogP contribution in [0.5, 0.6) is 0 Å². The SMILES string of the molecule is C=CCc1ccccc1NC(=O)c1ccccc1. The van der Waals surface area contributed by atoms with Crippen LogP contribution in [0.1, 0.15) is 15.9 Å². The van der Waals surface area contributed by atoms with Crippen LogP contribution in [0.3, 0.4) is 0 Å². The van der Waals surface area contributed by atoms with E-state index in [1.165, 1.54) is 0 Å². The zero-order chi connectivity index (χ0) is 12.8. The van der Waals surface area contributed by atoms with Gasteiger partial charge in [0.1, 0.15) is 0 Å². The summed E-state index contributed by atoms with van der Waals surface area (Å²) in [4.78, 5) is 12.0. The van der Waals surface area contributed by atoms with Crippen LogP contribution >= 0.6 is 0 Å². The van der Waals surface area contributed by atoms with Crippen LogP contribution in [0.15, 0.2) is 67.3 Å². The highest BCUT2D eigenvalue weighted by Crippen LogP contribution is 2.17. The van der Waals surface area contributed by atoms with E-state index < -0.39 is 0 Å². The third-order valence-corrected chi connectivity index (χ3v) is 2.67. The second-order valence-corrected chi connectivity index (χ2v) is 3.97. The number of hydrogen-bond donors (Lipinski definition) is 1. The molecular weight excluding hydrogens is 222 g/mol. The van der Waals surface area contributed by atoms with Crippen LogP contribution in [-0.2, 0) is 6.42 Å². The van der Waals surface area contributed by atoms with Crippen LogP contribution in [-0.4, -0.2) is 5.91 Å². The quantitative estimate of drug-likeness (QED) is 0.808. The average Bonchev–Trinajstić information content (AvgIpc) is 2.42. The maximum atomic E-state index is 12.0. The molecule has 90 valence electrons. The summed E-state index contributed by atoms with van der Waals surface area (Å²) < 4.78 is 0. The predicted octanol–water partition coefficient (Wildman–Crippen LogP) is 3.67. The maximum Gasteiger partial charge on any atom is 0.255 e. The molecule has 1 amide bonds. The smallest absolute Gasteiger partial charge is 0.255 e. The van der Waals surface area contributed by atoms with Gasteiger partial charge in [0.25, 0.3) is 5.91 Å². The minimum Gasteiger partial charge on any atom is -0.322 e. The van der Waals surface area contributed by atoms with Crippen LogP contribution in [0.4, 0.5) is 5.69 Å². The van der Waals surface area contributed by atoms with Gasteiger partial charge in [0.15, 0.2) is 0 Å². The first-order valence-corrected chi connectivity index (χ1v) is 5.86. The van der Waals surface area contributed by atoms with E-state index in [1.54, 1.807) is 12.1 Å². The summed E-state index contributed by atoms with van der Waals surface area (Å²) in [5, 5.41) is 2.92. The van der Waals surface area contributed by atoms with Gasteiger partial charge in [0.05, 0.1) is 0 Å². The van der Waals surface area contributed by atoms with E-state index in [0.29, 0.717) is 5.56 Å². The molecule has 0 atom stereocenters. The number of carbonyl (C=O) groups is 1. The number of hydrogen-bond acceptors (Lipinski definition) is 1. The van der Waals surface area contributed by atoms with E-state index in [9.17, 15) is 4.79 Å². The molecule has 2 aromatic rings. The van der Waals surface area contributed by atoms with Crippen molar-refractivity contribution in [1.29, 1.82) is 0 Å². The first-order chi connectivity index (χ1) is 8.81. The molecule has 0 saturated heterocycles. The number of benzene rings is 2. The van der Waals surface area contributed by atoms with Crippen molar-refractivity contribution in [3.8, 4) is 0 Å². The summed E-state index contributed by atoms with van der Waals surface area (Å²) in [5.74, 6) is -0.0906. The van der Waals surface area contributed by atoms with E-state index in [1.807, 2.05) is 48.5 Å². The molecule has 0 heterocycles. The maximum absolute atomic E-state index is 12.0. The van der Waals surface area contributed by atoms with Gasteiger partial charge in [0, 0.05) is 11.3 Å². The zero-order valence-corrected chi connectivity index (χ0v) is 10.1. The summed E-state index contributed by atoms with van der Waals surface area (Å²) in [5.41, 5.74) is 2.56. The molecule has 2 nitrogen and oxygen atoms in total. The number of carbonyl (C=O) groups excluding carboxylic acids is 1. The summed E-state index contributed by atoms with van der Waals surface area (Å²) in [7, 11) is 0. The lowest BCUT2D eigenvalue weighted by Gasteiger charge is -2.09. The monoisotopic (exact) mass is 237 g/mol. The molecule has 0 aromatic heterocycles. The van der Waals surface area contributed by atoms with Gasteiger partial charge in [-0.3, -0.25) is 4.79 Å². The minimum absolute atomic E-state index is 0.0906. The Morgan fingerprint density at radius 3 is 2.44 bits per heavy atom. The molecule has 2 heteroatoms. The second-order valence-electron chi connectivity index (χ2n) is 3.97. The number of nitrogens with one attached hydrogen (secondary N) is 1. The average molecular weight is 237 g/mol. The topological polar surface area (TPSA) is 29.1 Å². The van der Waals surface area contributed by atoms with Crippen LogP contribution < -0.4 is 5.32 Å². The Kier molecular flexibility index (Phi) is 3.92. The largest absolute Gasteiger partial charge is 0.322 e. The zero-order valence-electron chi connectivity index (χ0n) is 10.1. The molecule has 2 aromatic carbocycles. The van der Waals surface area contributed by atoms with Crippen molar-refractivity contribution in [2.75, 3.05) is 5.32 Å². The van der Waals surface area contributed by atoms with Gasteiger partial charge >= 0.3 is 0 Å². The van der Waals surface area contributed by atoms with Gasteiger partial charge in [0.2, 0.25) is 0 Å². The lowest BCUT2D eigenvalue weighted by atomic mass is 10.1. The molecular formula is C16H15NO. The number of anilines is 1. The standard InChI is InChI=1S/C16H15NO/c1-2-8-13-9-6-7-12-15(13)17-16(18)14-10-4-3-5-11-14/h2-7,9-12H,1,8H2,(H,17,18). The Bertz CT molecular complexity index is 546. The molecule has 0 aliphatic rings. The second kappa shape index (κ2) is 5.82. The molecule has 18 heavy (non-hydrogen) atoms.